The van der Waals surface area contributed by atoms with Crippen LogP contribution in [-0.2, 0) is 11.2 Å². The van der Waals surface area contributed by atoms with E-state index in [0.717, 1.165) is 16.3 Å². The molecule has 24 heavy (non-hydrogen) atoms. The van der Waals surface area contributed by atoms with Crippen LogP contribution in [0.5, 0.6) is 11.5 Å². The van der Waals surface area contributed by atoms with Crippen LogP contribution >= 0.6 is 23.1 Å². The van der Waals surface area contributed by atoms with E-state index in [4.69, 9.17) is 9.47 Å². The molecule has 0 unspecified atom stereocenters. The van der Waals surface area contributed by atoms with E-state index < -0.39 is 0 Å². The number of thioether (sulfide) groups is 1. The number of anilines is 1. The number of ether oxygens (including phenoxy) is 2. The smallest absolute Gasteiger partial charge is 0.230 e. The lowest BCUT2D eigenvalue weighted by molar-refractivity contribution is -0.115. The molecule has 0 bridgehead atoms. The summed E-state index contributed by atoms with van der Waals surface area (Å²) in [5, 5.41) is 11.9. The molecule has 1 amide bonds. The van der Waals surface area contributed by atoms with Gasteiger partial charge in [-0.3, -0.25) is 4.79 Å². The molecule has 0 aliphatic carbocycles. The second kappa shape index (κ2) is 8.89. The Balaban J connectivity index is 1.96. The van der Waals surface area contributed by atoms with Crippen LogP contribution in [0.3, 0.4) is 0 Å². The Kier molecular flexibility index (Phi) is 6.86. The average Bonchev–Trinajstić information content (AvgIpc) is 3.01. The highest BCUT2D eigenvalue weighted by molar-refractivity contribution is 8.01. The Morgan fingerprint density at radius 2 is 2.04 bits per heavy atom. The molecule has 1 aromatic carbocycles. The van der Waals surface area contributed by atoms with Crippen molar-refractivity contribution >= 4 is 34.1 Å². The fourth-order valence-corrected chi connectivity index (χ4v) is 3.92. The third-order valence-corrected chi connectivity index (χ3v) is 5.53. The van der Waals surface area contributed by atoms with Crippen LogP contribution in [0.15, 0.2) is 22.5 Å². The first-order chi connectivity index (χ1) is 11.5. The number of benzene rings is 1. The van der Waals surface area contributed by atoms with Crippen molar-refractivity contribution in [1.29, 1.82) is 0 Å². The number of hydrogen-bond donors (Lipinski definition) is 1. The number of hydrogen-bond acceptors (Lipinski definition) is 7. The fraction of sp³-hybridized carbons (Fsp3) is 0.438. The quantitative estimate of drug-likeness (QED) is 0.567. The first-order valence-corrected chi connectivity index (χ1v) is 9.26. The van der Waals surface area contributed by atoms with Gasteiger partial charge in [-0.15, -0.1) is 10.2 Å². The van der Waals surface area contributed by atoms with E-state index in [1.54, 1.807) is 38.1 Å². The Labute approximate surface area is 150 Å². The zero-order valence-electron chi connectivity index (χ0n) is 14.2. The van der Waals surface area contributed by atoms with Crippen molar-refractivity contribution < 1.29 is 14.3 Å². The lowest BCUT2D eigenvalue weighted by atomic mass is 10.1. The number of nitrogens with zero attached hydrogens (tertiary/aromatic N) is 2. The molecule has 0 saturated heterocycles. The highest BCUT2D eigenvalue weighted by atomic mass is 32.2. The molecule has 0 saturated carbocycles. The van der Waals surface area contributed by atoms with Gasteiger partial charge in [0, 0.05) is 5.25 Å². The lowest BCUT2D eigenvalue weighted by Gasteiger charge is -2.09. The summed E-state index contributed by atoms with van der Waals surface area (Å²) in [7, 11) is 3.15. The maximum atomic E-state index is 12.2. The number of carbonyl (C=O) groups is 1. The van der Waals surface area contributed by atoms with E-state index >= 15 is 0 Å². The number of rotatable bonds is 8. The largest absolute Gasteiger partial charge is 0.493 e. The van der Waals surface area contributed by atoms with Gasteiger partial charge >= 0.3 is 0 Å². The number of carbonyl (C=O) groups excluding carboxylic acids is 1. The topological polar surface area (TPSA) is 73.3 Å². The maximum absolute atomic E-state index is 12.2. The zero-order chi connectivity index (χ0) is 17.5. The van der Waals surface area contributed by atoms with Crippen LogP contribution in [0.4, 0.5) is 5.13 Å². The summed E-state index contributed by atoms with van der Waals surface area (Å²) >= 11 is 3.06. The van der Waals surface area contributed by atoms with Gasteiger partial charge in [0.1, 0.15) is 0 Å². The van der Waals surface area contributed by atoms with Crippen molar-refractivity contribution in [3.63, 3.8) is 0 Å². The molecule has 1 atom stereocenters. The normalized spacial score (nSPS) is 11.8. The Morgan fingerprint density at radius 1 is 1.29 bits per heavy atom. The van der Waals surface area contributed by atoms with Gasteiger partial charge in [-0.05, 0) is 24.1 Å². The van der Waals surface area contributed by atoms with E-state index in [-0.39, 0.29) is 12.3 Å². The van der Waals surface area contributed by atoms with Gasteiger partial charge in [0.05, 0.1) is 20.6 Å². The molecule has 2 rings (SSSR count). The van der Waals surface area contributed by atoms with E-state index in [1.165, 1.54) is 11.3 Å². The van der Waals surface area contributed by atoms with E-state index in [1.807, 2.05) is 6.07 Å². The van der Waals surface area contributed by atoms with E-state index in [2.05, 4.69) is 29.4 Å². The summed E-state index contributed by atoms with van der Waals surface area (Å²) < 4.78 is 11.3. The monoisotopic (exact) mass is 367 g/mol. The highest BCUT2D eigenvalue weighted by Gasteiger charge is 2.12. The molecular formula is C16H21N3O3S2. The first-order valence-electron chi connectivity index (χ1n) is 7.56. The van der Waals surface area contributed by atoms with Gasteiger partial charge < -0.3 is 14.8 Å². The second-order valence-corrected chi connectivity index (χ2v) is 7.79. The summed E-state index contributed by atoms with van der Waals surface area (Å²) in [5.74, 6) is 1.10. The minimum Gasteiger partial charge on any atom is -0.493 e. The van der Waals surface area contributed by atoms with Gasteiger partial charge in [-0.1, -0.05) is 43.0 Å². The van der Waals surface area contributed by atoms with Crippen LogP contribution in [0.1, 0.15) is 25.8 Å². The molecule has 8 heteroatoms. The second-order valence-electron chi connectivity index (χ2n) is 5.12. The molecule has 130 valence electrons. The maximum Gasteiger partial charge on any atom is 0.230 e. The van der Waals surface area contributed by atoms with Crippen LogP contribution in [0.2, 0.25) is 0 Å². The Hall–Kier alpha value is -1.80. The van der Waals surface area contributed by atoms with Crippen LogP contribution in [0.25, 0.3) is 0 Å². The summed E-state index contributed by atoms with van der Waals surface area (Å²) in [6.07, 6.45) is 1.29. The fourth-order valence-electron chi connectivity index (χ4n) is 1.90. The average molecular weight is 367 g/mol. The molecule has 6 nitrogen and oxygen atoms in total. The molecule has 1 N–H and O–H groups in total. The molecule has 2 aromatic rings. The number of methoxy groups -OCH3 is 2. The SMILES string of the molecule is CC[C@H](C)Sc1nnc(NC(=O)Cc2ccc(OC)c(OC)c2)s1. The van der Waals surface area contributed by atoms with Gasteiger partial charge in [0.2, 0.25) is 11.0 Å². The minimum atomic E-state index is -0.140. The third-order valence-electron chi connectivity index (χ3n) is 3.34. The predicted octanol–water partition coefficient (Wildman–Crippen LogP) is 3.63. The van der Waals surface area contributed by atoms with Gasteiger partial charge in [0.15, 0.2) is 15.8 Å². The molecule has 0 fully saturated rings. The highest BCUT2D eigenvalue weighted by Crippen LogP contribution is 2.30. The van der Waals surface area contributed by atoms with Crippen molar-refractivity contribution in [3.05, 3.63) is 23.8 Å². The third kappa shape index (κ3) is 5.10. The summed E-state index contributed by atoms with van der Waals surface area (Å²) in [6, 6.07) is 5.42. The van der Waals surface area contributed by atoms with Crippen LogP contribution < -0.4 is 14.8 Å². The van der Waals surface area contributed by atoms with Crippen molar-refractivity contribution in [1.82, 2.24) is 10.2 Å². The standard InChI is InChI=1S/C16H21N3O3S2/c1-5-10(2)23-16-19-18-15(24-16)17-14(20)9-11-6-7-12(21-3)13(8-11)22-4/h6-8,10H,5,9H2,1-4H3,(H,17,18,20)/t10-/m0/s1. The van der Waals surface area contributed by atoms with Crippen molar-refractivity contribution in [2.45, 2.75) is 36.3 Å². The zero-order valence-corrected chi connectivity index (χ0v) is 15.8. The van der Waals surface area contributed by atoms with Crippen molar-refractivity contribution in [2.75, 3.05) is 19.5 Å². The molecule has 1 aromatic heterocycles. The molecule has 1 heterocycles. The molecule has 0 radical (unpaired) electrons. The number of aromatic nitrogens is 2. The van der Waals surface area contributed by atoms with E-state index in [0.29, 0.717) is 21.9 Å². The Bertz CT molecular complexity index is 691. The minimum absolute atomic E-state index is 0.140. The van der Waals surface area contributed by atoms with Gasteiger partial charge in [-0.2, -0.15) is 0 Å². The Morgan fingerprint density at radius 3 is 2.71 bits per heavy atom. The van der Waals surface area contributed by atoms with Crippen molar-refractivity contribution in [3.8, 4) is 11.5 Å². The molecule has 0 aliphatic heterocycles. The van der Waals surface area contributed by atoms with E-state index in [9.17, 15) is 4.79 Å². The first kappa shape index (κ1) is 18.5. The van der Waals surface area contributed by atoms with Gasteiger partial charge in [-0.25, -0.2) is 0 Å². The number of nitrogens with one attached hydrogen (secondary N) is 1. The predicted molar refractivity (Wildman–Crippen MR) is 97.4 cm³/mol. The van der Waals surface area contributed by atoms with Gasteiger partial charge in [0.25, 0.3) is 0 Å². The van der Waals surface area contributed by atoms with Crippen LogP contribution in [-0.4, -0.2) is 35.6 Å². The lowest BCUT2D eigenvalue weighted by Crippen LogP contribution is -2.14. The summed E-state index contributed by atoms with van der Waals surface area (Å²) in [6.45, 7) is 4.27. The molecular weight excluding hydrogens is 346 g/mol. The number of amides is 1. The molecule has 0 aliphatic rings. The summed E-state index contributed by atoms with van der Waals surface area (Å²) in [4.78, 5) is 12.2. The van der Waals surface area contributed by atoms with Crippen LogP contribution in [0, 0.1) is 0 Å². The molecule has 0 spiro atoms. The van der Waals surface area contributed by atoms with Crippen molar-refractivity contribution in [2.24, 2.45) is 0 Å². The summed E-state index contributed by atoms with van der Waals surface area (Å²) in [5.41, 5.74) is 0.837.